The Morgan fingerprint density at radius 3 is 2.84 bits per heavy atom. The minimum absolute atomic E-state index is 0.122. The predicted octanol–water partition coefficient (Wildman–Crippen LogP) is 1.61. The Morgan fingerprint density at radius 2 is 2.32 bits per heavy atom. The van der Waals surface area contributed by atoms with Gasteiger partial charge in [-0.05, 0) is 19.4 Å². The molecule has 3 N–H and O–H groups in total. The third kappa shape index (κ3) is 3.82. The van der Waals surface area contributed by atoms with Gasteiger partial charge in [0.15, 0.2) is 0 Å². The van der Waals surface area contributed by atoms with Gasteiger partial charge in [-0.3, -0.25) is 0 Å². The van der Waals surface area contributed by atoms with Crippen molar-refractivity contribution in [2.75, 3.05) is 30.9 Å². The van der Waals surface area contributed by atoms with Crippen molar-refractivity contribution in [1.82, 2.24) is 4.98 Å². The molecule has 0 aliphatic carbocycles. The zero-order valence-electron chi connectivity index (χ0n) is 11.6. The van der Waals surface area contributed by atoms with E-state index in [0.29, 0.717) is 24.7 Å². The Bertz CT molecular complexity index is 437. The van der Waals surface area contributed by atoms with Crippen LogP contribution in [0.1, 0.15) is 30.6 Å². The number of aromatic carboxylic acids is 1. The highest BCUT2D eigenvalue weighted by Gasteiger charge is 2.21. The van der Waals surface area contributed by atoms with E-state index in [2.05, 4.69) is 4.98 Å². The third-order valence-corrected chi connectivity index (χ3v) is 3.05. The Hall–Kier alpha value is -1.82. The van der Waals surface area contributed by atoms with Crippen molar-refractivity contribution in [3.05, 3.63) is 17.8 Å². The van der Waals surface area contributed by atoms with Crippen molar-refractivity contribution in [1.29, 1.82) is 0 Å². The zero-order chi connectivity index (χ0) is 14.4. The van der Waals surface area contributed by atoms with Gasteiger partial charge in [0.2, 0.25) is 0 Å². The van der Waals surface area contributed by atoms with E-state index in [9.17, 15) is 9.90 Å². The van der Waals surface area contributed by atoms with Gasteiger partial charge < -0.3 is 20.5 Å². The highest BCUT2D eigenvalue weighted by atomic mass is 16.5. The lowest BCUT2D eigenvalue weighted by atomic mass is 10.1. The molecule has 1 unspecified atom stereocenters. The molecule has 0 saturated heterocycles. The molecular formula is C13H21N3O3. The normalized spacial score (nSPS) is 12.2. The van der Waals surface area contributed by atoms with E-state index in [1.54, 1.807) is 7.11 Å². The fourth-order valence-corrected chi connectivity index (χ4v) is 1.81. The Kier molecular flexibility index (Phi) is 5.57. The number of anilines is 2. The number of ether oxygens (including phenoxy) is 1. The second kappa shape index (κ2) is 6.94. The van der Waals surface area contributed by atoms with E-state index >= 15 is 0 Å². The number of carboxylic acid groups (broad SMARTS) is 1. The van der Waals surface area contributed by atoms with Crippen molar-refractivity contribution in [3.63, 3.8) is 0 Å². The van der Waals surface area contributed by atoms with Gasteiger partial charge in [0.1, 0.15) is 11.4 Å². The van der Waals surface area contributed by atoms with Gasteiger partial charge in [-0.2, -0.15) is 0 Å². The summed E-state index contributed by atoms with van der Waals surface area (Å²) < 4.78 is 5.07. The highest BCUT2D eigenvalue weighted by molar-refractivity contribution is 5.94. The summed E-state index contributed by atoms with van der Waals surface area (Å²) in [5, 5.41) is 9.27. The highest BCUT2D eigenvalue weighted by Crippen LogP contribution is 2.23. The molecule has 0 aliphatic rings. The van der Waals surface area contributed by atoms with E-state index in [0.717, 1.165) is 6.42 Å². The van der Waals surface area contributed by atoms with Gasteiger partial charge >= 0.3 is 5.97 Å². The quantitative estimate of drug-likeness (QED) is 0.780. The number of carboxylic acids is 1. The van der Waals surface area contributed by atoms with Gasteiger partial charge in [-0.15, -0.1) is 0 Å². The maximum absolute atomic E-state index is 11.3. The Labute approximate surface area is 113 Å². The molecule has 0 amide bonds. The number of hydrogen-bond acceptors (Lipinski definition) is 5. The van der Waals surface area contributed by atoms with Crippen molar-refractivity contribution in [2.24, 2.45) is 0 Å². The summed E-state index contributed by atoms with van der Waals surface area (Å²) in [6, 6.07) is 1.61. The number of methoxy groups -OCH3 is 1. The van der Waals surface area contributed by atoms with E-state index in [1.807, 2.05) is 18.7 Å². The van der Waals surface area contributed by atoms with Crippen LogP contribution >= 0.6 is 0 Å². The van der Waals surface area contributed by atoms with Crippen LogP contribution in [-0.4, -0.2) is 42.4 Å². The molecule has 0 fully saturated rings. The minimum Gasteiger partial charge on any atom is -0.478 e. The molecular weight excluding hydrogens is 246 g/mol. The third-order valence-electron chi connectivity index (χ3n) is 3.05. The predicted molar refractivity (Wildman–Crippen MR) is 74.6 cm³/mol. The van der Waals surface area contributed by atoms with Crippen molar-refractivity contribution >= 4 is 17.5 Å². The number of carbonyl (C=O) groups is 1. The van der Waals surface area contributed by atoms with Crippen LogP contribution in [0.15, 0.2) is 12.3 Å². The second-order valence-electron chi connectivity index (χ2n) is 4.39. The van der Waals surface area contributed by atoms with Crippen LogP contribution < -0.4 is 10.6 Å². The molecule has 0 saturated carbocycles. The lowest BCUT2D eigenvalue weighted by molar-refractivity contribution is 0.0697. The van der Waals surface area contributed by atoms with Crippen molar-refractivity contribution < 1.29 is 14.6 Å². The van der Waals surface area contributed by atoms with Crippen LogP contribution in [0.2, 0.25) is 0 Å². The second-order valence-corrected chi connectivity index (χ2v) is 4.39. The molecule has 6 nitrogen and oxygen atoms in total. The van der Waals surface area contributed by atoms with Crippen molar-refractivity contribution in [3.8, 4) is 0 Å². The van der Waals surface area contributed by atoms with Gasteiger partial charge in [0, 0.05) is 19.7 Å². The fourth-order valence-electron chi connectivity index (χ4n) is 1.81. The number of nitrogen functional groups attached to an aromatic ring is 1. The number of aromatic nitrogens is 1. The maximum atomic E-state index is 11.3. The largest absolute Gasteiger partial charge is 0.478 e. The molecule has 1 heterocycles. The molecule has 6 heteroatoms. The molecule has 1 aromatic heterocycles. The fraction of sp³-hybridized carbons (Fsp3) is 0.538. The molecule has 1 atom stereocenters. The van der Waals surface area contributed by atoms with E-state index in [-0.39, 0.29) is 11.6 Å². The summed E-state index contributed by atoms with van der Waals surface area (Å²) in [4.78, 5) is 17.4. The average molecular weight is 267 g/mol. The molecule has 106 valence electrons. The number of hydrogen-bond donors (Lipinski definition) is 2. The minimum atomic E-state index is -1.03. The Morgan fingerprint density at radius 1 is 1.63 bits per heavy atom. The van der Waals surface area contributed by atoms with Gasteiger partial charge in [-0.1, -0.05) is 6.92 Å². The van der Waals surface area contributed by atoms with Gasteiger partial charge in [0.25, 0.3) is 0 Å². The number of nitrogens with two attached hydrogens (primary N) is 1. The smallest absolute Gasteiger partial charge is 0.339 e. The molecule has 19 heavy (non-hydrogen) atoms. The van der Waals surface area contributed by atoms with E-state index in [1.165, 1.54) is 12.3 Å². The topological polar surface area (TPSA) is 88.7 Å². The SMILES string of the molecule is CCC(C)N(CCOC)c1ncc(N)cc1C(=O)O. The molecule has 0 spiro atoms. The summed E-state index contributed by atoms with van der Waals surface area (Å²) in [5.41, 5.74) is 6.07. The first kappa shape index (κ1) is 15.2. The van der Waals surface area contributed by atoms with E-state index in [4.69, 9.17) is 10.5 Å². The summed E-state index contributed by atoms with van der Waals surface area (Å²) in [6.45, 7) is 5.17. The van der Waals surface area contributed by atoms with Crippen LogP contribution in [-0.2, 0) is 4.74 Å². The van der Waals surface area contributed by atoms with Crippen LogP contribution in [0.4, 0.5) is 11.5 Å². The molecule has 0 aromatic carbocycles. The van der Waals surface area contributed by atoms with Crippen LogP contribution in [0.3, 0.4) is 0 Å². The molecule has 0 bridgehead atoms. The summed E-state index contributed by atoms with van der Waals surface area (Å²) >= 11 is 0. The lowest BCUT2D eigenvalue weighted by Crippen LogP contribution is -2.37. The summed E-state index contributed by atoms with van der Waals surface area (Å²) in [6.07, 6.45) is 2.36. The number of pyridine rings is 1. The van der Waals surface area contributed by atoms with Gasteiger partial charge in [0.05, 0.1) is 18.5 Å². The lowest BCUT2D eigenvalue weighted by Gasteiger charge is -2.30. The van der Waals surface area contributed by atoms with E-state index < -0.39 is 5.97 Å². The number of nitrogens with zero attached hydrogens (tertiary/aromatic N) is 2. The number of rotatable bonds is 7. The first-order valence-corrected chi connectivity index (χ1v) is 6.25. The summed E-state index contributed by atoms with van der Waals surface area (Å²) in [5.74, 6) is -0.589. The monoisotopic (exact) mass is 267 g/mol. The van der Waals surface area contributed by atoms with Gasteiger partial charge in [-0.25, -0.2) is 9.78 Å². The first-order chi connectivity index (χ1) is 9.01. The summed E-state index contributed by atoms with van der Waals surface area (Å²) in [7, 11) is 1.61. The standard InChI is InChI=1S/C13H21N3O3/c1-4-9(2)16(5-6-19-3)12-11(13(17)18)7-10(14)8-15-12/h7-9H,4-6,14H2,1-3H3,(H,17,18). The molecule has 0 aliphatic heterocycles. The van der Waals surface area contributed by atoms with Crippen LogP contribution in [0.25, 0.3) is 0 Å². The average Bonchev–Trinajstić information content (AvgIpc) is 2.39. The van der Waals surface area contributed by atoms with Crippen LogP contribution in [0.5, 0.6) is 0 Å². The van der Waals surface area contributed by atoms with Crippen molar-refractivity contribution in [2.45, 2.75) is 26.3 Å². The molecule has 0 radical (unpaired) electrons. The first-order valence-electron chi connectivity index (χ1n) is 6.25. The molecule has 1 aromatic rings. The zero-order valence-corrected chi connectivity index (χ0v) is 11.6. The van der Waals surface area contributed by atoms with Crippen LogP contribution in [0, 0.1) is 0 Å². The maximum Gasteiger partial charge on any atom is 0.339 e. The molecule has 1 rings (SSSR count). The Balaban J connectivity index is 3.17.